The molecule has 1 N–H and O–H groups in total. The summed E-state index contributed by atoms with van der Waals surface area (Å²) in [5, 5.41) is 3.48. The molecule has 0 aliphatic carbocycles. The molecule has 0 radical (unpaired) electrons. The van der Waals surface area contributed by atoms with Crippen molar-refractivity contribution in [1.29, 1.82) is 0 Å². The quantitative estimate of drug-likeness (QED) is 0.309. The van der Waals surface area contributed by atoms with E-state index in [4.69, 9.17) is 11.6 Å². The molecular formula is C31H38ClN3O4S. The van der Waals surface area contributed by atoms with Gasteiger partial charge in [-0.15, -0.1) is 0 Å². The molecule has 0 saturated carbocycles. The zero-order valence-corrected chi connectivity index (χ0v) is 25.5. The number of carbonyl (C=O) groups is 2. The average Bonchev–Trinajstić information content (AvgIpc) is 2.92. The third-order valence-electron chi connectivity index (χ3n) is 7.10. The Morgan fingerprint density at radius 1 is 0.900 bits per heavy atom. The third kappa shape index (κ3) is 7.64. The number of aryl methyl sites for hydroxylation is 3. The SMILES string of the molecule is CC[C@H](C)NC(=O)[C@H](C)N(Cc1ccc(Cl)cc1)C(=O)CN(c1ccc(C)c(C)c1)S(=O)(=O)c1ccc(C)cc1. The molecule has 3 rings (SSSR count). The second kappa shape index (κ2) is 13.3. The van der Waals surface area contributed by atoms with E-state index in [0.29, 0.717) is 10.7 Å². The van der Waals surface area contributed by atoms with Crippen molar-refractivity contribution in [3.8, 4) is 0 Å². The zero-order chi connectivity index (χ0) is 29.6. The molecular weight excluding hydrogens is 546 g/mol. The number of amides is 2. The third-order valence-corrected chi connectivity index (χ3v) is 9.14. The number of nitrogens with zero attached hydrogens (tertiary/aromatic N) is 2. The summed E-state index contributed by atoms with van der Waals surface area (Å²) in [6, 6.07) is 17.9. The van der Waals surface area contributed by atoms with Crippen LogP contribution in [0.3, 0.4) is 0 Å². The lowest BCUT2D eigenvalue weighted by molar-refractivity contribution is -0.139. The number of anilines is 1. The van der Waals surface area contributed by atoms with E-state index < -0.39 is 28.5 Å². The van der Waals surface area contributed by atoms with Crippen molar-refractivity contribution in [2.75, 3.05) is 10.8 Å². The number of benzene rings is 3. The summed E-state index contributed by atoms with van der Waals surface area (Å²) < 4.78 is 29.0. The number of hydrogen-bond donors (Lipinski definition) is 1. The van der Waals surface area contributed by atoms with Crippen molar-refractivity contribution >= 4 is 39.1 Å². The van der Waals surface area contributed by atoms with Gasteiger partial charge in [0.15, 0.2) is 0 Å². The van der Waals surface area contributed by atoms with Crippen LogP contribution in [0.25, 0.3) is 0 Å². The number of nitrogens with one attached hydrogen (secondary N) is 1. The zero-order valence-electron chi connectivity index (χ0n) is 23.9. The van der Waals surface area contributed by atoms with Gasteiger partial charge < -0.3 is 10.2 Å². The number of carbonyl (C=O) groups excluding carboxylic acids is 2. The minimum Gasteiger partial charge on any atom is -0.352 e. The van der Waals surface area contributed by atoms with Crippen molar-refractivity contribution in [2.24, 2.45) is 0 Å². The molecule has 9 heteroatoms. The van der Waals surface area contributed by atoms with Gasteiger partial charge in [-0.2, -0.15) is 0 Å². The van der Waals surface area contributed by atoms with Gasteiger partial charge in [-0.3, -0.25) is 13.9 Å². The monoisotopic (exact) mass is 583 g/mol. The van der Waals surface area contributed by atoms with Crippen molar-refractivity contribution in [3.63, 3.8) is 0 Å². The summed E-state index contributed by atoms with van der Waals surface area (Å²) in [6.07, 6.45) is 0.735. The van der Waals surface area contributed by atoms with Crippen LogP contribution >= 0.6 is 11.6 Å². The van der Waals surface area contributed by atoms with Gasteiger partial charge in [0.25, 0.3) is 10.0 Å². The van der Waals surface area contributed by atoms with Crippen LogP contribution < -0.4 is 9.62 Å². The topological polar surface area (TPSA) is 86.8 Å². The van der Waals surface area contributed by atoms with Crippen LogP contribution in [-0.2, 0) is 26.2 Å². The van der Waals surface area contributed by atoms with Crippen molar-refractivity contribution in [2.45, 2.75) is 71.5 Å². The van der Waals surface area contributed by atoms with Gasteiger partial charge in [-0.05, 0) is 94.1 Å². The predicted molar refractivity (Wildman–Crippen MR) is 161 cm³/mol. The van der Waals surface area contributed by atoms with Gasteiger partial charge in [0.1, 0.15) is 12.6 Å². The molecule has 0 unspecified atom stereocenters. The highest BCUT2D eigenvalue weighted by molar-refractivity contribution is 7.92. The van der Waals surface area contributed by atoms with E-state index in [2.05, 4.69) is 5.32 Å². The molecule has 214 valence electrons. The van der Waals surface area contributed by atoms with Crippen LogP contribution in [0.5, 0.6) is 0 Å². The van der Waals surface area contributed by atoms with E-state index in [1.807, 2.05) is 40.7 Å². The summed E-state index contributed by atoms with van der Waals surface area (Å²) >= 11 is 6.06. The molecule has 0 saturated heterocycles. The Morgan fingerprint density at radius 2 is 1.52 bits per heavy atom. The smallest absolute Gasteiger partial charge is 0.264 e. The minimum absolute atomic E-state index is 0.0728. The van der Waals surface area contributed by atoms with Crippen LogP contribution in [0.4, 0.5) is 5.69 Å². The predicted octanol–water partition coefficient (Wildman–Crippen LogP) is 5.79. The van der Waals surface area contributed by atoms with E-state index in [1.54, 1.807) is 55.5 Å². The average molecular weight is 584 g/mol. The maximum absolute atomic E-state index is 14.0. The van der Waals surface area contributed by atoms with Crippen LogP contribution in [0.2, 0.25) is 5.02 Å². The molecule has 0 aromatic heterocycles. The number of sulfonamides is 1. The van der Waals surface area contributed by atoms with E-state index >= 15 is 0 Å². The van der Waals surface area contributed by atoms with Gasteiger partial charge >= 0.3 is 0 Å². The van der Waals surface area contributed by atoms with Crippen LogP contribution in [-0.4, -0.2) is 43.8 Å². The van der Waals surface area contributed by atoms with Crippen molar-refractivity contribution < 1.29 is 18.0 Å². The maximum atomic E-state index is 14.0. The standard InChI is InChI=1S/C31H38ClN3O4S/c1-7-24(5)33-31(37)25(6)34(19-26-11-13-27(32)14-12-26)30(36)20-35(28-15-10-22(3)23(4)18-28)40(38,39)29-16-8-21(2)9-17-29/h8-18,24-25H,7,19-20H2,1-6H3,(H,33,37)/t24-,25-/m0/s1. The summed E-state index contributed by atoms with van der Waals surface area (Å²) in [7, 11) is -4.11. The van der Waals surface area contributed by atoms with E-state index in [9.17, 15) is 18.0 Å². The van der Waals surface area contributed by atoms with E-state index in [0.717, 1.165) is 33.0 Å². The van der Waals surface area contributed by atoms with Crippen LogP contribution in [0.15, 0.2) is 71.6 Å². The van der Waals surface area contributed by atoms with Gasteiger partial charge in [0.2, 0.25) is 11.8 Å². The van der Waals surface area contributed by atoms with Crippen LogP contribution in [0.1, 0.15) is 49.4 Å². The fourth-order valence-corrected chi connectivity index (χ4v) is 5.61. The molecule has 2 atom stereocenters. The Kier molecular flexibility index (Phi) is 10.4. The molecule has 3 aromatic carbocycles. The second-order valence-electron chi connectivity index (χ2n) is 10.2. The number of halogens is 1. The Balaban J connectivity index is 2.04. The highest BCUT2D eigenvalue weighted by Crippen LogP contribution is 2.27. The second-order valence-corrected chi connectivity index (χ2v) is 12.5. The summed E-state index contributed by atoms with van der Waals surface area (Å²) in [4.78, 5) is 28.6. The van der Waals surface area contributed by atoms with Crippen LogP contribution in [0, 0.1) is 20.8 Å². The maximum Gasteiger partial charge on any atom is 0.264 e. The Hall–Kier alpha value is -3.36. The molecule has 40 heavy (non-hydrogen) atoms. The first-order valence-corrected chi connectivity index (χ1v) is 15.2. The minimum atomic E-state index is -4.11. The molecule has 7 nitrogen and oxygen atoms in total. The van der Waals surface area contributed by atoms with Gasteiger partial charge in [-0.1, -0.05) is 54.4 Å². The highest BCUT2D eigenvalue weighted by atomic mass is 35.5. The number of hydrogen-bond acceptors (Lipinski definition) is 4. The highest BCUT2D eigenvalue weighted by Gasteiger charge is 2.33. The van der Waals surface area contributed by atoms with Crippen molar-refractivity contribution in [3.05, 3.63) is 94.0 Å². The summed E-state index contributed by atoms with van der Waals surface area (Å²) in [5.74, 6) is -0.813. The Morgan fingerprint density at radius 3 is 2.10 bits per heavy atom. The molecule has 0 fully saturated rings. The lowest BCUT2D eigenvalue weighted by Gasteiger charge is -2.32. The molecule has 3 aromatic rings. The first-order valence-electron chi connectivity index (χ1n) is 13.3. The molecule has 0 bridgehead atoms. The number of rotatable bonds is 11. The lowest BCUT2D eigenvalue weighted by atomic mass is 10.1. The largest absolute Gasteiger partial charge is 0.352 e. The fourth-order valence-electron chi connectivity index (χ4n) is 4.08. The fraction of sp³-hybridized carbons (Fsp3) is 0.355. The molecule has 2 amide bonds. The molecule has 0 heterocycles. The van der Waals surface area contributed by atoms with Gasteiger partial charge in [0.05, 0.1) is 10.6 Å². The molecule has 0 aliphatic heterocycles. The summed E-state index contributed by atoms with van der Waals surface area (Å²) in [6.45, 7) is 10.8. The molecule has 0 spiro atoms. The Labute approximate surface area is 243 Å². The van der Waals surface area contributed by atoms with E-state index in [1.165, 1.54) is 17.0 Å². The van der Waals surface area contributed by atoms with Gasteiger partial charge in [0, 0.05) is 17.6 Å². The Bertz CT molecular complexity index is 1440. The normalized spacial score (nSPS) is 12.9. The van der Waals surface area contributed by atoms with E-state index in [-0.39, 0.29) is 23.4 Å². The lowest BCUT2D eigenvalue weighted by Crippen LogP contribution is -2.52. The first kappa shape index (κ1) is 31.2. The van der Waals surface area contributed by atoms with Crippen molar-refractivity contribution in [1.82, 2.24) is 10.2 Å². The van der Waals surface area contributed by atoms with Gasteiger partial charge in [-0.25, -0.2) is 8.42 Å². The molecule has 0 aliphatic rings. The first-order chi connectivity index (χ1) is 18.8. The summed E-state index contributed by atoms with van der Waals surface area (Å²) in [5.41, 5.74) is 3.96.